The molecular weight excluding hydrogens is 372 g/mol. The molecular formula is C22H40N2O5. The van der Waals surface area contributed by atoms with Crippen molar-refractivity contribution in [2.45, 2.75) is 95.5 Å². The van der Waals surface area contributed by atoms with Crippen LogP contribution >= 0.6 is 0 Å². The van der Waals surface area contributed by atoms with Crippen LogP contribution in [0.25, 0.3) is 0 Å². The van der Waals surface area contributed by atoms with Gasteiger partial charge < -0.3 is 15.4 Å². The summed E-state index contributed by atoms with van der Waals surface area (Å²) in [5.74, 6) is -1.59. The number of ether oxygens (including phenoxy) is 1. The van der Waals surface area contributed by atoms with Crippen LogP contribution in [-0.4, -0.2) is 35.8 Å². The van der Waals surface area contributed by atoms with Crippen LogP contribution in [0.5, 0.6) is 0 Å². The topological polar surface area (TPSA) is 102 Å². The number of hydrogen-bond donors (Lipinski definition) is 2. The van der Waals surface area contributed by atoms with Gasteiger partial charge in [0.25, 0.3) is 0 Å². The molecule has 0 saturated heterocycles. The summed E-state index contributed by atoms with van der Waals surface area (Å²) < 4.78 is 5.80. The lowest BCUT2D eigenvalue weighted by Crippen LogP contribution is -2.57. The maximum atomic E-state index is 13.0. The molecule has 0 aromatic rings. The van der Waals surface area contributed by atoms with Crippen molar-refractivity contribution in [1.82, 2.24) is 10.6 Å². The van der Waals surface area contributed by atoms with E-state index in [-0.39, 0.29) is 0 Å². The van der Waals surface area contributed by atoms with Gasteiger partial charge in [0.2, 0.25) is 11.8 Å². The van der Waals surface area contributed by atoms with Crippen molar-refractivity contribution < 1.29 is 23.9 Å². The fourth-order valence-corrected chi connectivity index (χ4v) is 1.92. The standard InChI is InChI=1S/C22H40N2O5/c1-19(2,3)13(25)15(23-17(27)21(7,8)9)29-16(14(26)20(4,5)6)24-18(28)22(10,11)12/h15-16H,1-12H3,(H,23,27)(H,24,28). The molecule has 0 aliphatic rings. The minimum absolute atomic E-state index is 0.396. The Kier molecular flexibility index (Phi) is 8.40. The van der Waals surface area contributed by atoms with Crippen LogP contribution in [0.2, 0.25) is 0 Å². The van der Waals surface area contributed by atoms with Crippen molar-refractivity contribution in [3.8, 4) is 0 Å². The Hall–Kier alpha value is -1.76. The first kappa shape index (κ1) is 27.2. The fraction of sp³-hybridized carbons (Fsp3) is 0.818. The van der Waals surface area contributed by atoms with E-state index in [0.29, 0.717) is 0 Å². The van der Waals surface area contributed by atoms with E-state index in [2.05, 4.69) is 10.6 Å². The summed E-state index contributed by atoms with van der Waals surface area (Å²) in [5.41, 5.74) is -3.20. The van der Waals surface area contributed by atoms with Gasteiger partial charge in [-0.15, -0.1) is 0 Å². The molecule has 0 aromatic heterocycles. The zero-order chi connectivity index (χ0) is 23.6. The van der Waals surface area contributed by atoms with Crippen LogP contribution < -0.4 is 10.6 Å². The predicted molar refractivity (Wildman–Crippen MR) is 113 cm³/mol. The highest BCUT2D eigenvalue weighted by atomic mass is 16.5. The molecule has 0 aliphatic heterocycles. The average molecular weight is 413 g/mol. The summed E-state index contributed by atoms with van der Waals surface area (Å²) in [6, 6.07) is 0. The summed E-state index contributed by atoms with van der Waals surface area (Å²) in [6.07, 6.45) is -2.75. The van der Waals surface area contributed by atoms with Gasteiger partial charge in [0.05, 0.1) is 0 Å². The molecule has 2 N–H and O–H groups in total. The first-order valence-electron chi connectivity index (χ1n) is 9.94. The smallest absolute Gasteiger partial charge is 0.227 e. The second-order valence-corrected chi connectivity index (χ2v) is 11.6. The average Bonchev–Trinajstić information content (AvgIpc) is 2.47. The van der Waals surface area contributed by atoms with E-state index in [1.807, 2.05) is 0 Å². The zero-order valence-electron chi connectivity index (χ0n) is 20.2. The molecule has 29 heavy (non-hydrogen) atoms. The highest BCUT2D eigenvalue weighted by Crippen LogP contribution is 2.24. The third-order valence-electron chi connectivity index (χ3n) is 4.11. The van der Waals surface area contributed by atoms with E-state index < -0.39 is 57.5 Å². The molecule has 168 valence electrons. The molecule has 0 rings (SSSR count). The SMILES string of the molecule is CC(C)(C)C(=O)NC(OC(NC(=O)C(C)(C)C)C(=O)C(C)(C)C)C(=O)C(C)(C)C. The summed E-state index contributed by atoms with van der Waals surface area (Å²) in [5, 5.41) is 5.20. The highest BCUT2D eigenvalue weighted by molar-refractivity contribution is 5.95. The largest absolute Gasteiger partial charge is 0.324 e. The molecule has 0 aliphatic carbocycles. The third-order valence-corrected chi connectivity index (χ3v) is 4.11. The molecule has 0 bridgehead atoms. The minimum atomic E-state index is -1.38. The Balaban J connectivity index is 6.01. The normalized spacial score (nSPS) is 15.3. The Morgan fingerprint density at radius 2 is 0.759 bits per heavy atom. The van der Waals surface area contributed by atoms with E-state index in [1.54, 1.807) is 83.1 Å². The van der Waals surface area contributed by atoms with Crippen LogP contribution in [0.1, 0.15) is 83.1 Å². The first-order valence-corrected chi connectivity index (χ1v) is 9.94. The van der Waals surface area contributed by atoms with Gasteiger partial charge in [-0.2, -0.15) is 0 Å². The van der Waals surface area contributed by atoms with Gasteiger partial charge in [-0.25, -0.2) is 0 Å². The van der Waals surface area contributed by atoms with E-state index in [0.717, 1.165) is 0 Å². The number of amides is 2. The summed E-state index contributed by atoms with van der Waals surface area (Å²) in [4.78, 5) is 50.9. The Morgan fingerprint density at radius 3 is 0.931 bits per heavy atom. The minimum Gasteiger partial charge on any atom is -0.324 e. The van der Waals surface area contributed by atoms with Gasteiger partial charge in [0, 0.05) is 21.7 Å². The number of rotatable bonds is 6. The number of carbonyl (C=O) groups is 4. The molecule has 0 aromatic carbocycles. The van der Waals surface area contributed by atoms with Crippen LogP contribution in [0.4, 0.5) is 0 Å². The Morgan fingerprint density at radius 1 is 0.517 bits per heavy atom. The number of Topliss-reactive ketones (excluding diaryl/α,β-unsaturated/α-hetero) is 2. The van der Waals surface area contributed by atoms with Gasteiger partial charge in [-0.3, -0.25) is 19.2 Å². The molecule has 0 spiro atoms. The monoisotopic (exact) mass is 412 g/mol. The molecule has 7 heteroatoms. The van der Waals surface area contributed by atoms with Crippen LogP contribution in [0.3, 0.4) is 0 Å². The lowest BCUT2D eigenvalue weighted by Gasteiger charge is -2.33. The van der Waals surface area contributed by atoms with Crippen molar-refractivity contribution >= 4 is 23.4 Å². The molecule has 0 radical (unpaired) electrons. The second-order valence-electron chi connectivity index (χ2n) is 11.6. The number of hydrogen-bond acceptors (Lipinski definition) is 5. The van der Waals surface area contributed by atoms with Gasteiger partial charge in [-0.1, -0.05) is 83.1 Å². The molecule has 2 atom stereocenters. The summed E-state index contributed by atoms with van der Waals surface area (Å²) >= 11 is 0. The molecule has 7 nitrogen and oxygen atoms in total. The lowest BCUT2D eigenvalue weighted by atomic mass is 9.87. The maximum absolute atomic E-state index is 13.0. The van der Waals surface area contributed by atoms with E-state index in [1.165, 1.54) is 0 Å². The van der Waals surface area contributed by atoms with E-state index in [4.69, 9.17) is 4.74 Å². The Labute approximate surface area is 175 Å². The number of carbonyl (C=O) groups excluding carboxylic acids is 4. The molecule has 0 heterocycles. The zero-order valence-corrected chi connectivity index (χ0v) is 20.2. The summed E-state index contributed by atoms with van der Waals surface area (Å²) in [7, 11) is 0. The van der Waals surface area contributed by atoms with Crippen LogP contribution in [0, 0.1) is 21.7 Å². The van der Waals surface area contributed by atoms with Gasteiger partial charge in [0.1, 0.15) is 0 Å². The van der Waals surface area contributed by atoms with Crippen molar-refractivity contribution in [2.24, 2.45) is 21.7 Å². The number of ketones is 2. The predicted octanol–water partition coefficient (Wildman–Crippen LogP) is 3.21. The lowest BCUT2D eigenvalue weighted by molar-refractivity contribution is -0.165. The summed E-state index contributed by atoms with van der Waals surface area (Å²) in [6.45, 7) is 20.4. The Bertz CT molecular complexity index is 584. The highest BCUT2D eigenvalue weighted by Gasteiger charge is 2.40. The fourth-order valence-electron chi connectivity index (χ4n) is 1.92. The molecule has 0 fully saturated rings. The maximum Gasteiger partial charge on any atom is 0.227 e. The molecule has 2 unspecified atom stereocenters. The quantitative estimate of drug-likeness (QED) is 0.652. The number of nitrogens with one attached hydrogen (secondary N) is 2. The van der Waals surface area contributed by atoms with Crippen molar-refractivity contribution in [3.05, 3.63) is 0 Å². The molecule has 0 saturated carbocycles. The van der Waals surface area contributed by atoms with Crippen LogP contribution in [0.15, 0.2) is 0 Å². The van der Waals surface area contributed by atoms with Crippen molar-refractivity contribution in [2.75, 3.05) is 0 Å². The van der Waals surface area contributed by atoms with Crippen molar-refractivity contribution in [1.29, 1.82) is 0 Å². The van der Waals surface area contributed by atoms with Crippen LogP contribution in [-0.2, 0) is 23.9 Å². The van der Waals surface area contributed by atoms with Gasteiger partial charge >= 0.3 is 0 Å². The van der Waals surface area contributed by atoms with Gasteiger partial charge in [0.15, 0.2) is 24.0 Å². The van der Waals surface area contributed by atoms with E-state index in [9.17, 15) is 19.2 Å². The van der Waals surface area contributed by atoms with Gasteiger partial charge in [-0.05, 0) is 0 Å². The third kappa shape index (κ3) is 8.64. The second kappa shape index (κ2) is 8.94. The van der Waals surface area contributed by atoms with Crippen molar-refractivity contribution in [3.63, 3.8) is 0 Å². The first-order chi connectivity index (χ1) is 12.6. The van der Waals surface area contributed by atoms with E-state index >= 15 is 0 Å². The molecule has 2 amide bonds.